The van der Waals surface area contributed by atoms with Crippen molar-refractivity contribution < 1.29 is 17.7 Å². The third kappa shape index (κ3) is 8.86. The number of pyridine rings is 1. The Balaban J connectivity index is 1.86. The molecule has 0 spiro atoms. The summed E-state index contributed by atoms with van der Waals surface area (Å²) in [5.41, 5.74) is 5.44. The second-order valence-electron chi connectivity index (χ2n) is 9.92. The molecule has 1 heterocycles. The minimum absolute atomic E-state index is 0.503. The third-order valence-electron chi connectivity index (χ3n) is 5.64. The molecule has 0 atom stereocenters. The predicted octanol–water partition coefficient (Wildman–Crippen LogP) is 8.27. The fourth-order valence-electron chi connectivity index (χ4n) is 4.06. The highest BCUT2D eigenvalue weighted by Gasteiger charge is 2.35. The third-order valence-corrected chi connectivity index (χ3v) is 5.64. The summed E-state index contributed by atoms with van der Waals surface area (Å²) in [6, 6.07) is 21.6. The van der Waals surface area contributed by atoms with Gasteiger partial charge in [0, 0.05) is 24.3 Å². The first-order valence-corrected chi connectivity index (χ1v) is 12.2. The van der Waals surface area contributed by atoms with Crippen molar-refractivity contribution in [2.24, 2.45) is 11.8 Å². The van der Waals surface area contributed by atoms with E-state index in [2.05, 4.69) is 52.0 Å². The van der Waals surface area contributed by atoms with Crippen LogP contribution < -0.4 is 4.57 Å². The molecule has 0 saturated carbocycles. The maximum Gasteiger partial charge on any atom is 0.448 e. The first-order valence-electron chi connectivity index (χ1n) is 12.2. The number of halogens is 3. The van der Waals surface area contributed by atoms with Crippen LogP contribution in [-0.2, 0) is 19.4 Å². The summed E-state index contributed by atoms with van der Waals surface area (Å²) in [5.74, 6) is 1.15. The molecule has 3 rings (SSSR count). The van der Waals surface area contributed by atoms with E-state index in [1.807, 2.05) is 36.4 Å². The molecule has 0 aliphatic rings. The fourth-order valence-corrected chi connectivity index (χ4v) is 4.06. The minimum Gasteiger partial charge on any atom is -0.183 e. The van der Waals surface area contributed by atoms with Crippen LogP contribution in [0.5, 0.6) is 0 Å². The number of benzene rings is 2. The molecule has 0 fully saturated rings. The molecule has 0 aliphatic carbocycles. The zero-order valence-corrected chi connectivity index (χ0v) is 21.0. The van der Waals surface area contributed by atoms with Crippen LogP contribution in [0.25, 0.3) is 24.3 Å². The highest BCUT2D eigenvalue weighted by Crippen LogP contribution is 2.18. The van der Waals surface area contributed by atoms with Crippen molar-refractivity contribution in [1.29, 1.82) is 0 Å². The van der Waals surface area contributed by atoms with Crippen molar-refractivity contribution in [1.82, 2.24) is 0 Å². The van der Waals surface area contributed by atoms with E-state index in [0.717, 1.165) is 24.0 Å². The van der Waals surface area contributed by atoms with E-state index in [9.17, 15) is 13.2 Å². The normalized spacial score (nSPS) is 12.5. The lowest BCUT2D eigenvalue weighted by atomic mass is 10.0. The average Bonchev–Trinajstić information content (AvgIpc) is 2.77. The number of nitrogens with zero attached hydrogens (tertiary/aromatic N) is 1. The van der Waals surface area contributed by atoms with Gasteiger partial charge in [-0.15, -0.1) is 0 Å². The van der Waals surface area contributed by atoms with E-state index in [1.165, 1.54) is 15.7 Å². The van der Waals surface area contributed by atoms with Gasteiger partial charge in [-0.25, -0.2) is 0 Å². The van der Waals surface area contributed by atoms with Gasteiger partial charge >= 0.3 is 6.18 Å². The molecule has 1 aromatic heterocycles. The Bertz CT molecular complexity index is 1050. The van der Waals surface area contributed by atoms with Gasteiger partial charge in [0.25, 0.3) is 0 Å². The average molecular weight is 479 g/mol. The molecule has 0 bridgehead atoms. The smallest absolute Gasteiger partial charge is 0.183 e. The van der Waals surface area contributed by atoms with Crippen LogP contribution in [0.2, 0.25) is 0 Å². The van der Waals surface area contributed by atoms with Crippen LogP contribution in [0.1, 0.15) is 61.3 Å². The zero-order chi connectivity index (χ0) is 25.4. The molecule has 0 radical (unpaired) electrons. The largest absolute Gasteiger partial charge is 0.448 e. The molecule has 0 aliphatic heterocycles. The Labute approximate surface area is 207 Å². The number of hydrogen-bond donors (Lipinski definition) is 0. The molecule has 2 aromatic carbocycles. The summed E-state index contributed by atoms with van der Waals surface area (Å²) < 4.78 is 41.7. The summed E-state index contributed by atoms with van der Waals surface area (Å²) in [5, 5.41) is 0. The summed E-state index contributed by atoms with van der Waals surface area (Å²) in [4.78, 5) is 0. The Hall–Kier alpha value is -3.14. The zero-order valence-electron chi connectivity index (χ0n) is 21.0. The Morgan fingerprint density at radius 3 is 1.37 bits per heavy atom. The van der Waals surface area contributed by atoms with Gasteiger partial charge in [0.05, 0.1) is 0 Å². The van der Waals surface area contributed by atoms with Gasteiger partial charge in [-0.1, -0.05) is 76.2 Å². The van der Waals surface area contributed by atoms with Crippen molar-refractivity contribution >= 4 is 24.3 Å². The molecule has 0 saturated heterocycles. The minimum atomic E-state index is -4.33. The SMILES string of the molecule is CC(C)Cc1ccc(/C=C/c2cccc(/C=C/c3ccc(CC(C)C)cc3)[n+]2CC(F)(F)F)cc1. The number of alkyl halides is 3. The second-order valence-corrected chi connectivity index (χ2v) is 9.92. The molecular weight excluding hydrogens is 443 g/mol. The number of rotatable bonds is 9. The summed E-state index contributed by atoms with van der Waals surface area (Å²) in [6.07, 6.45) is 4.91. The quantitative estimate of drug-likeness (QED) is 0.273. The maximum atomic E-state index is 13.5. The second kappa shape index (κ2) is 12.0. The van der Waals surface area contributed by atoms with E-state index < -0.39 is 12.7 Å². The van der Waals surface area contributed by atoms with Crippen LogP contribution >= 0.6 is 0 Å². The molecule has 35 heavy (non-hydrogen) atoms. The highest BCUT2D eigenvalue weighted by atomic mass is 19.4. The van der Waals surface area contributed by atoms with Gasteiger partial charge in [0.2, 0.25) is 17.9 Å². The van der Waals surface area contributed by atoms with Gasteiger partial charge < -0.3 is 0 Å². The molecule has 4 heteroatoms. The van der Waals surface area contributed by atoms with E-state index >= 15 is 0 Å². The number of aromatic nitrogens is 1. The van der Waals surface area contributed by atoms with E-state index in [1.54, 1.807) is 30.4 Å². The fraction of sp³-hybridized carbons (Fsp3) is 0.323. The summed E-state index contributed by atoms with van der Waals surface area (Å²) in [7, 11) is 0. The highest BCUT2D eigenvalue weighted by molar-refractivity contribution is 5.69. The van der Waals surface area contributed by atoms with Crippen LogP contribution in [0, 0.1) is 11.8 Å². The van der Waals surface area contributed by atoms with E-state index in [0.29, 0.717) is 23.2 Å². The lowest BCUT2D eigenvalue weighted by Crippen LogP contribution is -2.46. The van der Waals surface area contributed by atoms with Gasteiger partial charge in [0.1, 0.15) is 0 Å². The van der Waals surface area contributed by atoms with Crippen molar-refractivity contribution in [3.05, 3.63) is 100 Å². The standard InChI is InChI=1S/C31H35F3N/c1-23(2)20-27-12-8-25(9-13-27)16-18-29-6-5-7-30(35(29)22-31(32,33)34)19-17-26-10-14-28(15-11-26)21-24(3)4/h5-19,23-24H,20-22H2,1-4H3/q+1/b18-16+,19-17+. The van der Waals surface area contributed by atoms with Gasteiger partial charge in [-0.3, -0.25) is 0 Å². The van der Waals surface area contributed by atoms with Gasteiger partial charge in [-0.2, -0.15) is 17.7 Å². The van der Waals surface area contributed by atoms with Crippen LogP contribution in [-0.4, -0.2) is 6.18 Å². The van der Waals surface area contributed by atoms with Crippen LogP contribution in [0.4, 0.5) is 13.2 Å². The predicted molar refractivity (Wildman–Crippen MR) is 141 cm³/mol. The number of hydrogen-bond acceptors (Lipinski definition) is 0. The lowest BCUT2D eigenvalue weighted by Gasteiger charge is -2.08. The van der Waals surface area contributed by atoms with Crippen LogP contribution in [0.3, 0.4) is 0 Å². The van der Waals surface area contributed by atoms with E-state index in [-0.39, 0.29) is 0 Å². The molecule has 0 amide bonds. The Morgan fingerprint density at radius 2 is 1.03 bits per heavy atom. The van der Waals surface area contributed by atoms with E-state index in [4.69, 9.17) is 0 Å². The van der Waals surface area contributed by atoms with Crippen molar-refractivity contribution in [2.45, 2.75) is 53.3 Å². The Morgan fingerprint density at radius 1 is 0.629 bits per heavy atom. The molecule has 3 aromatic rings. The summed E-state index contributed by atoms with van der Waals surface area (Å²) in [6.45, 7) is 7.66. The topological polar surface area (TPSA) is 3.88 Å². The van der Waals surface area contributed by atoms with Gasteiger partial charge in [-0.05, 0) is 65.1 Å². The van der Waals surface area contributed by atoms with Crippen molar-refractivity contribution in [3.8, 4) is 0 Å². The van der Waals surface area contributed by atoms with Gasteiger partial charge in [0.15, 0.2) is 0 Å². The monoisotopic (exact) mass is 478 g/mol. The van der Waals surface area contributed by atoms with Crippen molar-refractivity contribution in [3.63, 3.8) is 0 Å². The molecular formula is C31H35F3N+. The Kier molecular flexibility index (Phi) is 9.08. The molecule has 1 nitrogen and oxygen atoms in total. The summed E-state index contributed by atoms with van der Waals surface area (Å²) >= 11 is 0. The first kappa shape index (κ1) is 26.5. The maximum absolute atomic E-state index is 13.5. The van der Waals surface area contributed by atoms with Crippen molar-refractivity contribution in [2.75, 3.05) is 0 Å². The molecule has 0 unspecified atom stereocenters. The molecule has 0 N–H and O–H groups in total. The first-order chi connectivity index (χ1) is 16.6. The molecule has 184 valence electrons. The lowest BCUT2D eigenvalue weighted by molar-refractivity contribution is -0.722. The van der Waals surface area contributed by atoms with Crippen LogP contribution in [0.15, 0.2) is 66.7 Å².